The molecule has 2 aromatic rings. The average Bonchev–Trinajstić information content (AvgIpc) is 2.92. The van der Waals surface area contributed by atoms with Crippen LogP contribution in [0.1, 0.15) is 6.92 Å². The second-order valence-corrected chi connectivity index (χ2v) is 8.90. The van der Waals surface area contributed by atoms with Gasteiger partial charge in [0.05, 0.1) is 16.0 Å². The highest BCUT2D eigenvalue weighted by Gasteiger charge is 2.31. The van der Waals surface area contributed by atoms with Crippen molar-refractivity contribution in [1.29, 1.82) is 0 Å². The standard InChI is InChI=1S/C13H14ClN3O2S2/c1-9-8-17(6-7-21(9,18)19)13-16-15-12(20-13)10-4-2-3-5-11(10)14/h2-5,9H,6-8H2,1H3/t9-/m1/s1. The number of rotatable bonds is 2. The third-order valence-electron chi connectivity index (χ3n) is 3.53. The van der Waals surface area contributed by atoms with Crippen LogP contribution in [0.15, 0.2) is 24.3 Å². The lowest BCUT2D eigenvalue weighted by Crippen LogP contribution is -2.45. The van der Waals surface area contributed by atoms with Crippen LogP contribution >= 0.6 is 22.9 Å². The molecule has 3 rings (SSSR count). The van der Waals surface area contributed by atoms with Gasteiger partial charge < -0.3 is 4.90 Å². The maximum atomic E-state index is 11.8. The van der Waals surface area contributed by atoms with E-state index in [1.807, 2.05) is 29.2 Å². The number of nitrogens with zero attached hydrogens (tertiary/aromatic N) is 3. The van der Waals surface area contributed by atoms with E-state index in [0.717, 1.165) is 15.7 Å². The van der Waals surface area contributed by atoms with Crippen LogP contribution in [0.3, 0.4) is 0 Å². The van der Waals surface area contributed by atoms with Crippen LogP contribution in [0.5, 0.6) is 0 Å². The summed E-state index contributed by atoms with van der Waals surface area (Å²) in [6.07, 6.45) is 0. The molecule has 21 heavy (non-hydrogen) atoms. The van der Waals surface area contributed by atoms with Crippen molar-refractivity contribution in [2.75, 3.05) is 23.7 Å². The van der Waals surface area contributed by atoms with Gasteiger partial charge in [0.25, 0.3) is 0 Å². The van der Waals surface area contributed by atoms with Crippen LogP contribution in [-0.2, 0) is 9.84 Å². The van der Waals surface area contributed by atoms with Crippen LogP contribution in [0.25, 0.3) is 10.6 Å². The van der Waals surface area contributed by atoms with Crippen LogP contribution in [0, 0.1) is 0 Å². The first-order valence-electron chi connectivity index (χ1n) is 6.52. The molecule has 0 spiro atoms. The fourth-order valence-corrected chi connectivity index (χ4v) is 4.70. The molecule has 1 atom stereocenters. The second-order valence-electron chi connectivity index (χ2n) is 4.99. The van der Waals surface area contributed by atoms with Gasteiger partial charge in [-0.25, -0.2) is 8.42 Å². The first-order chi connectivity index (χ1) is 9.97. The van der Waals surface area contributed by atoms with Gasteiger partial charge >= 0.3 is 0 Å². The zero-order valence-corrected chi connectivity index (χ0v) is 13.7. The highest BCUT2D eigenvalue weighted by atomic mass is 35.5. The minimum atomic E-state index is -2.96. The summed E-state index contributed by atoms with van der Waals surface area (Å²) in [6, 6.07) is 7.48. The molecule has 0 saturated carbocycles. The summed E-state index contributed by atoms with van der Waals surface area (Å²) < 4.78 is 23.5. The molecule has 0 amide bonds. The number of hydrogen-bond acceptors (Lipinski definition) is 6. The number of aromatic nitrogens is 2. The number of anilines is 1. The van der Waals surface area contributed by atoms with Crippen molar-refractivity contribution < 1.29 is 8.42 Å². The van der Waals surface area contributed by atoms with Gasteiger partial charge in [0, 0.05) is 18.7 Å². The summed E-state index contributed by atoms with van der Waals surface area (Å²) in [5, 5.41) is 10.1. The summed E-state index contributed by atoms with van der Waals surface area (Å²) in [5.41, 5.74) is 0.848. The third-order valence-corrected chi connectivity index (χ3v) is 7.00. The van der Waals surface area contributed by atoms with Crippen molar-refractivity contribution in [2.24, 2.45) is 0 Å². The number of benzene rings is 1. The zero-order chi connectivity index (χ0) is 15.0. The van der Waals surface area contributed by atoms with E-state index in [1.54, 1.807) is 6.92 Å². The highest BCUT2D eigenvalue weighted by molar-refractivity contribution is 7.92. The van der Waals surface area contributed by atoms with Gasteiger partial charge in [-0.15, -0.1) is 10.2 Å². The predicted molar refractivity (Wildman–Crippen MR) is 85.8 cm³/mol. The Bertz CT molecular complexity index is 760. The largest absolute Gasteiger partial charge is 0.344 e. The molecule has 8 heteroatoms. The van der Waals surface area contributed by atoms with Gasteiger partial charge in [0.15, 0.2) is 14.8 Å². The third kappa shape index (κ3) is 2.90. The predicted octanol–water partition coefficient (Wildman–Crippen LogP) is 2.48. The molecule has 1 aliphatic rings. The minimum absolute atomic E-state index is 0.162. The number of halogens is 1. The minimum Gasteiger partial charge on any atom is -0.344 e. The van der Waals surface area contributed by atoms with Crippen molar-refractivity contribution >= 4 is 37.9 Å². The molecule has 0 aliphatic carbocycles. The van der Waals surface area contributed by atoms with Crippen LogP contribution in [0.4, 0.5) is 5.13 Å². The maximum absolute atomic E-state index is 11.8. The highest BCUT2D eigenvalue weighted by Crippen LogP contribution is 2.33. The molecule has 0 bridgehead atoms. The van der Waals surface area contributed by atoms with E-state index in [0.29, 0.717) is 18.1 Å². The van der Waals surface area contributed by atoms with Crippen molar-refractivity contribution in [3.8, 4) is 10.6 Å². The Morgan fingerprint density at radius 1 is 1.33 bits per heavy atom. The smallest absolute Gasteiger partial charge is 0.208 e. The lowest BCUT2D eigenvalue weighted by Gasteiger charge is -2.30. The molecule has 1 fully saturated rings. The van der Waals surface area contributed by atoms with Crippen molar-refractivity contribution in [3.05, 3.63) is 29.3 Å². The van der Waals surface area contributed by atoms with Gasteiger partial charge in [-0.3, -0.25) is 0 Å². The first kappa shape index (κ1) is 14.7. The zero-order valence-electron chi connectivity index (χ0n) is 11.4. The van der Waals surface area contributed by atoms with E-state index in [1.165, 1.54) is 11.3 Å². The van der Waals surface area contributed by atoms with Crippen LogP contribution < -0.4 is 4.90 Å². The molecular formula is C13H14ClN3O2S2. The Labute approximate surface area is 132 Å². The summed E-state index contributed by atoms with van der Waals surface area (Å²) in [7, 11) is -2.96. The Morgan fingerprint density at radius 3 is 2.81 bits per heavy atom. The molecule has 1 aliphatic heterocycles. The lowest BCUT2D eigenvalue weighted by molar-refractivity contribution is 0.569. The van der Waals surface area contributed by atoms with Crippen molar-refractivity contribution in [2.45, 2.75) is 12.2 Å². The van der Waals surface area contributed by atoms with E-state index in [2.05, 4.69) is 10.2 Å². The molecule has 1 aromatic heterocycles. The number of hydrogen-bond donors (Lipinski definition) is 0. The molecule has 1 aromatic carbocycles. The molecule has 0 N–H and O–H groups in total. The van der Waals surface area contributed by atoms with Gasteiger partial charge in [-0.2, -0.15) is 0 Å². The Morgan fingerprint density at radius 2 is 2.10 bits per heavy atom. The lowest BCUT2D eigenvalue weighted by atomic mass is 10.2. The normalized spacial score (nSPS) is 21.4. The summed E-state index contributed by atoms with van der Waals surface area (Å²) >= 11 is 7.59. The molecular weight excluding hydrogens is 330 g/mol. The maximum Gasteiger partial charge on any atom is 0.208 e. The van der Waals surface area contributed by atoms with Gasteiger partial charge in [0.2, 0.25) is 5.13 Å². The molecule has 2 heterocycles. The monoisotopic (exact) mass is 343 g/mol. The topological polar surface area (TPSA) is 63.2 Å². The second kappa shape index (κ2) is 5.55. The van der Waals surface area contributed by atoms with E-state index in [-0.39, 0.29) is 11.0 Å². The quantitative estimate of drug-likeness (QED) is 0.838. The van der Waals surface area contributed by atoms with Gasteiger partial charge in [-0.1, -0.05) is 41.1 Å². The molecule has 5 nitrogen and oxygen atoms in total. The average molecular weight is 344 g/mol. The summed E-state index contributed by atoms with van der Waals surface area (Å²) in [5.74, 6) is 0.162. The van der Waals surface area contributed by atoms with E-state index in [4.69, 9.17) is 11.6 Å². The molecule has 1 saturated heterocycles. The van der Waals surface area contributed by atoms with E-state index < -0.39 is 9.84 Å². The molecule has 0 radical (unpaired) electrons. The fraction of sp³-hybridized carbons (Fsp3) is 0.385. The van der Waals surface area contributed by atoms with E-state index >= 15 is 0 Å². The summed E-state index contributed by atoms with van der Waals surface area (Å²) in [6.45, 7) is 2.65. The fourth-order valence-electron chi connectivity index (χ4n) is 2.21. The Balaban J connectivity index is 1.85. The Kier molecular flexibility index (Phi) is 3.90. The van der Waals surface area contributed by atoms with Crippen molar-refractivity contribution in [3.63, 3.8) is 0 Å². The number of sulfone groups is 1. The summed E-state index contributed by atoms with van der Waals surface area (Å²) in [4.78, 5) is 1.98. The molecule has 112 valence electrons. The van der Waals surface area contributed by atoms with Gasteiger partial charge in [0.1, 0.15) is 0 Å². The van der Waals surface area contributed by atoms with Crippen LogP contribution in [0.2, 0.25) is 5.02 Å². The SMILES string of the molecule is C[C@@H]1CN(c2nnc(-c3ccccc3Cl)s2)CCS1(=O)=O. The van der Waals surface area contributed by atoms with Crippen LogP contribution in [-0.4, -0.2) is 42.7 Å². The molecule has 0 unspecified atom stereocenters. The van der Waals surface area contributed by atoms with Crippen molar-refractivity contribution in [1.82, 2.24) is 10.2 Å². The van der Waals surface area contributed by atoms with Gasteiger partial charge in [-0.05, 0) is 13.0 Å². The van der Waals surface area contributed by atoms with E-state index in [9.17, 15) is 8.42 Å². The Hall–Kier alpha value is -1.18. The first-order valence-corrected chi connectivity index (χ1v) is 9.43.